The van der Waals surface area contributed by atoms with Crippen LogP contribution in [0.4, 0.5) is 5.69 Å². The van der Waals surface area contributed by atoms with E-state index in [0.29, 0.717) is 11.8 Å². The van der Waals surface area contributed by atoms with Crippen molar-refractivity contribution in [2.24, 2.45) is 0 Å². The van der Waals surface area contributed by atoms with Crippen LogP contribution in [-0.4, -0.2) is 10.9 Å². The number of benzene rings is 1. The van der Waals surface area contributed by atoms with Crippen LogP contribution in [0.5, 0.6) is 0 Å². The van der Waals surface area contributed by atoms with Gasteiger partial charge in [-0.3, -0.25) is 4.79 Å². The van der Waals surface area contributed by atoms with Crippen molar-refractivity contribution in [1.29, 1.82) is 0 Å². The summed E-state index contributed by atoms with van der Waals surface area (Å²) in [5.41, 5.74) is 1.91. The fourth-order valence-electron chi connectivity index (χ4n) is 1.76. The minimum atomic E-state index is -0.274. The molecule has 0 fully saturated rings. The van der Waals surface area contributed by atoms with Gasteiger partial charge in [0.2, 0.25) is 5.76 Å². The fourth-order valence-corrected chi connectivity index (χ4v) is 1.76. The Kier molecular flexibility index (Phi) is 3.46. The highest BCUT2D eigenvalue weighted by Gasteiger charge is 2.13. The average Bonchev–Trinajstić information content (AvgIpc) is 2.76. The van der Waals surface area contributed by atoms with Gasteiger partial charge in [0.05, 0.1) is 6.20 Å². The van der Waals surface area contributed by atoms with Gasteiger partial charge in [-0.2, -0.15) is 0 Å². The largest absolute Gasteiger partial charge is 0.436 e. The molecular formula is C14H16N2O2. The third kappa shape index (κ3) is 2.59. The van der Waals surface area contributed by atoms with E-state index in [-0.39, 0.29) is 11.7 Å². The van der Waals surface area contributed by atoms with Crippen LogP contribution in [0.1, 0.15) is 41.8 Å². The Balaban J connectivity index is 2.22. The third-order valence-electron chi connectivity index (χ3n) is 2.68. The highest BCUT2D eigenvalue weighted by atomic mass is 16.4. The summed E-state index contributed by atoms with van der Waals surface area (Å²) in [7, 11) is 0. The number of aryl methyl sites for hydroxylation is 1. The summed E-state index contributed by atoms with van der Waals surface area (Å²) >= 11 is 0. The first-order chi connectivity index (χ1) is 8.58. The van der Waals surface area contributed by atoms with E-state index < -0.39 is 0 Å². The van der Waals surface area contributed by atoms with Crippen LogP contribution >= 0.6 is 0 Å². The Bertz CT molecular complexity index is 558. The van der Waals surface area contributed by atoms with E-state index in [1.807, 2.05) is 24.3 Å². The summed E-state index contributed by atoms with van der Waals surface area (Å²) in [5.74, 6) is 0.782. The second-order valence-corrected chi connectivity index (χ2v) is 4.44. The zero-order chi connectivity index (χ0) is 13.1. The second kappa shape index (κ2) is 5.04. The highest BCUT2D eigenvalue weighted by molar-refractivity contribution is 6.02. The van der Waals surface area contributed by atoms with Gasteiger partial charge in [0.15, 0.2) is 5.89 Å². The minimum absolute atomic E-state index is 0.228. The molecule has 0 atom stereocenters. The number of carbonyl (C=O) groups excluding carboxylic acids is 1. The molecule has 2 aromatic rings. The van der Waals surface area contributed by atoms with E-state index in [4.69, 9.17) is 4.42 Å². The van der Waals surface area contributed by atoms with Crippen LogP contribution in [0.15, 0.2) is 34.9 Å². The number of para-hydroxylation sites is 1. The molecule has 4 heteroatoms. The molecule has 0 spiro atoms. The molecule has 0 aliphatic rings. The molecule has 0 aliphatic carbocycles. The maximum atomic E-state index is 12.0. The number of carbonyl (C=O) groups is 1. The molecule has 1 aromatic carbocycles. The number of nitrogens with zero attached hydrogens (tertiary/aromatic N) is 1. The lowest BCUT2D eigenvalue weighted by Gasteiger charge is -2.12. The molecule has 94 valence electrons. The SMILES string of the molecule is Cc1ncc(C(=O)Nc2ccccc2C(C)C)o1. The van der Waals surface area contributed by atoms with Gasteiger partial charge >= 0.3 is 0 Å². The Morgan fingerprint density at radius 1 is 1.33 bits per heavy atom. The molecule has 0 saturated heterocycles. The van der Waals surface area contributed by atoms with Crippen molar-refractivity contribution in [2.45, 2.75) is 26.7 Å². The van der Waals surface area contributed by atoms with Crippen LogP contribution in [0, 0.1) is 6.92 Å². The highest BCUT2D eigenvalue weighted by Crippen LogP contribution is 2.24. The van der Waals surface area contributed by atoms with Crippen molar-refractivity contribution in [3.05, 3.63) is 47.7 Å². The summed E-state index contributed by atoms with van der Waals surface area (Å²) in [6.07, 6.45) is 1.43. The number of amides is 1. The summed E-state index contributed by atoms with van der Waals surface area (Å²) in [5, 5.41) is 2.85. The van der Waals surface area contributed by atoms with Gasteiger partial charge in [-0.05, 0) is 17.5 Å². The Morgan fingerprint density at radius 3 is 2.67 bits per heavy atom. The van der Waals surface area contributed by atoms with Gasteiger partial charge < -0.3 is 9.73 Å². The summed E-state index contributed by atoms with van der Waals surface area (Å²) < 4.78 is 5.19. The smallest absolute Gasteiger partial charge is 0.293 e. The quantitative estimate of drug-likeness (QED) is 0.900. The van der Waals surface area contributed by atoms with E-state index in [2.05, 4.69) is 24.1 Å². The molecule has 1 aromatic heterocycles. The molecule has 1 heterocycles. The Labute approximate surface area is 106 Å². The molecule has 0 aliphatic heterocycles. The molecule has 18 heavy (non-hydrogen) atoms. The number of aromatic nitrogens is 1. The molecule has 2 rings (SSSR count). The van der Waals surface area contributed by atoms with Crippen LogP contribution < -0.4 is 5.32 Å². The summed E-state index contributed by atoms with van der Waals surface area (Å²) in [6.45, 7) is 5.88. The van der Waals surface area contributed by atoms with E-state index in [0.717, 1.165) is 11.3 Å². The van der Waals surface area contributed by atoms with Gasteiger partial charge in [0.1, 0.15) is 0 Å². The molecule has 4 nitrogen and oxygen atoms in total. The molecule has 1 amide bonds. The molecule has 0 radical (unpaired) electrons. The van der Waals surface area contributed by atoms with Crippen LogP contribution in [0.3, 0.4) is 0 Å². The number of hydrogen-bond acceptors (Lipinski definition) is 3. The van der Waals surface area contributed by atoms with Crippen LogP contribution in [-0.2, 0) is 0 Å². The molecule has 0 saturated carbocycles. The normalized spacial score (nSPS) is 10.7. The predicted molar refractivity (Wildman–Crippen MR) is 69.7 cm³/mol. The van der Waals surface area contributed by atoms with E-state index in [1.165, 1.54) is 6.20 Å². The van der Waals surface area contributed by atoms with Gasteiger partial charge in [0, 0.05) is 12.6 Å². The number of oxazole rings is 1. The Morgan fingerprint density at radius 2 is 2.06 bits per heavy atom. The zero-order valence-corrected chi connectivity index (χ0v) is 10.7. The van der Waals surface area contributed by atoms with Crippen molar-refractivity contribution in [3.8, 4) is 0 Å². The summed E-state index contributed by atoms with van der Waals surface area (Å²) in [4.78, 5) is 15.9. The maximum absolute atomic E-state index is 12.0. The zero-order valence-electron chi connectivity index (χ0n) is 10.7. The number of anilines is 1. The number of nitrogens with one attached hydrogen (secondary N) is 1. The first-order valence-corrected chi connectivity index (χ1v) is 5.90. The Hall–Kier alpha value is -2.10. The predicted octanol–water partition coefficient (Wildman–Crippen LogP) is 3.36. The average molecular weight is 244 g/mol. The van der Waals surface area contributed by atoms with E-state index in [9.17, 15) is 4.79 Å². The van der Waals surface area contributed by atoms with Crippen LogP contribution in [0.2, 0.25) is 0 Å². The van der Waals surface area contributed by atoms with E-state index >= 15 is 0 Å². The molecule has 0 bridgehead atoms. The van der Waals surface area contributed by atoms with Crippen molar-refractivity contribution < 1.29 is 9.21 Å². The first kappa shape index (κ1) is 12.4. The topological polar surface area (TPSA) is 55.1 Å². The molecule has 1 N–H and O–H groups in total. The standard InChI is InChI=1S/C14H16N2O2/c1-9(2)11-6-4-5-7-12(11)16-14(17)13-8-15-10(3)18-13/h4-9H,1-3H3,(H,16,17). The van der Waals surface area contributed by atoms with Gasteiger partial charge in [0.25, 0.3) is 5.91 Å². The lowest BCUT2D eigenvalue weighted by atomic mass is 10.0. The monoisotopic (exact) mass is 244 g/mol. The lowest BCUT2D eigenvalue weighted by Crippen LogP contribution is -2.12. The van der Waals surface area contributed by atoms with Crippen molar-refractivity contribution in [1.82, 2.24) is 4.98 Å². The van der Waals surface area contributed by atoms with Gasteiger partial charge in [-0.25, -0.2) is 4.98 Å². The van der Waals surface area contributed by atoms with Gasteiger partial charge in [-0.1, -0.05) is 32.0 Å². The van der Waals surface area contributed by atoms with Crippen LogP contribution in [0.25, 0.3) is 0 Å². The number of rotatable bonds is 3. The maximum Gasteiger partial charge on any atom is 0.293 e. The molecular weight excluding hydrogens is 228 g/mol. The van der Waals surface area contributed by atoms with Crippen molar-refractivity contribution in [3.63, 3.8) is 0 Å². The lowest BCUT2D eigenvalue weighted by molar-refractivity contribution is 0.0995. The third-order valence-corrected chi connectivity index (χ3v) is 2.68. The first-order valence-electron chi connectivity index (χ1n) is 5.90. The summed E-state index contributed by atoms with van der Waals surface area (Å²) in [6, 6.07) is 7.75. The fraction of sp³-hybridized carbons (Fsp3) is 0.286. The number of hydrogen-bond donors (Lipinski definition) is 1. The van der Waals surface area contributed by atoms with Crippen molar-refractivity contribution >= 4 is 11.6 Å². The second-order valence-electron chi connectivity index (χ2n) is 4.44. The van der Waals surface area contributed by atoms with Crippen molar-refractivity contribution in [2.75, 3.05) is 5.32 Å². The van der Waals surface area contributed by atoms with Gasteiger partial charge in [-0.15, -0.1) is 0 Å². The van der Waals surface area contributed by atoms with E-state index in [1.54, 1.807) is 6.92 Å². The molecule has 0 unspecified atom stereocenters. The minimum Gasteiger partial charge on any atom is -0.436 e.